The summed E-state index contributed by atoms with van der Waals surface area (Å²) in [4.78, 5) is 15.3. The molecule has 0 aliphatic heterocycles. The number of rotatable bonds is 2. The molecule has 0 aromatic carbocycles. The zero-order valence-electron chi connectivity index (χ0n) is 7.82. The van der Waals surface area contributed by atoms with Crippen LogP contribution in [0.5, 0.6) is 0 Å². The van der Waals surface area contributed by atoms with Gasteiger partial charge in [0.05, 0.1) is 11.4 Å². The van der Waals surface area contributed by atoms with Crippen molar-refractivity contribution in [1.82, 2.24) is 4.57 Å². The van der Waals surface area contributed by atoms with Crippen LogP contribution in [0.15, 0.2) is 28.5 Å². The van der Waals surface area contributed by atoms with Gasteiger partial charge in [-0.25, -0.2) is 0 Å². The first-order valence-electron chi connectivity index (χ1n) is 4.02. The fourth-order valence-corrected chi connectivity index (χ4v) is 1.13. The first-order chi connectivity index (χ1) is 6.20. The van der Waals surface area contributed by atoms with E-state index in [-0.39, 0.29) is 5.56 Å². The molecule has 0 aliphatic rings. The van der Waals surface area contributed by atoms with Crippen molar-refractivity contribution in [1.29, 1.82) is 0 Å². The minimum atomic E-state index is -0.0510. The Hall–Kier alpha value is -1.64. The molecule has 1 aromatic rings. The van der Waals surface area contributed by atoms with E-state index in [9.17, 15) is 4.79 Å². The summed E-state index contributed by atoms with van der Waals surface area (Å²) in [5.74, 6) is 0. The lowest BCUT2D eigenvalue weighted by atomic mass is 10.3. The van der Waals surface area contributed by atoms with Gasteiger partial charge in [0.15, 0.2) is 0 Å². The zero-order chi connectivity index (χ0) is 9.84. The average molecular weight is 176 g/mol. The highest BCUT2D eigenvalue weighted by molar-refractivity contribution is 5.66. The third kappa shape index (κ3) is 1.75. The van der Waals surface area contributed by atoms with Gasteiger partial charge in [0, 0.05) is 19.3 Å². The quantitative estimate of drug-likeness (QED) is 0.632. The molecule has 0 radical (unpaired) electrons. The van der Waals surface area contributed by atoms with Crippen LogP contribution in [-0.4, -0.2) is 10.8 Å². The molecule has 0 saturated carbocycles. The molecule has 0 bridgehead atoms. The zero-order valence-corrected chi connectivity index (χ0v) is 7.82. The van der Waals surface area contributed by atoms with E-state index in [4.69, 9.17) is 0 Å². The van der Waals surface area contributed by atoms with Gasteiger partial charge in [-0.05, 0) is 19.1 Å². The van der Waals surface area contributed by atoms with Gasteiger partial charge < -0.3 is 4.57 Å². The number of hydrogen-bond acceptors (Lipinski definition) is 2. The molecule has 1 rings (SSSR count). The molecule has 3 nitrogen and oxygen atoms in total. The first-order valence-corrected chi connectivity index (χ1v) is 4.02. The highest BCUT2D eigenvalue weighted by Gasteiger charge is 2.01. The predicted molar refractivity (Wildman–Crippen MR) is 55.6 cm³/mol. The van der Waals surface area contributed by atoms with Crippen LogP contribution in [0, 0.1) is 0 Å². The lowest BCUT2D eigenvalue weighted by Gasteiger charge is -2.05. The predicted octanol–water partition coefficient (Wildman–Crippen LogP) is 1.75. The van der Waals surface area contributed by atoms with Crippen molar-refractivity contribution in [3.63, 3.8) is 0 Å². The number of nitrogens with zero attached hydrogens (tertiary/aromatic N) is 2. The summed E-state index contributed by atoms with van der Waals surface area (Å²) in [5.41, 5.74) is 1.45. The van der Waals surface area contributed by atoms with E-state index in [1.165, 1.54) is 10.6 Å². The number of hydrogen-bond donors (Lipinski definition) is 0. The van der Waals surface area contributed by atoms with Crippen molar-refractivity contribution >= 4 is 18.0 Å². The SMILES string of the molecule is C=Cc1c(N=CC)ccc(=O)n1C. The van der Waals surface area contributed by atoms with Gasteiger partial charge in [-0.2, -0.15) is 0 Å². The molecule has 1 heterocycles. The summed E-state index contributed by atoms with van der Waals surface area (Å²) in [6.45, 7) is 5.47. The molecule has 0 fully saturated rings. The minimum absolute atomic E-state index is 0.0510. The molecule has 1 aromatic heterocycles. The van der Waals surface area contributed by atoms with Gasteiger partial charge in [-0.1, -0.05) is 6.58 Å². The van der Waals surface area contributed by atoms with E-state index in [0.29, 0.717) is 0 Å². The van der Waals surface area contributed by atoms with Crippen molar-refractivity contribution in [2.45, 2.75) is 6.92 Å². The van der Waals surface area contributed by atoms with Gasteiger partial charge in [-0.3, -0.25) is 9.79 Å². The topological polar surface area (TPSA) is 34.4 Å². The standard InChI is InChI=1S/C10H12N2O/c1-4-9-8(11-5-2)6-7-10(13)12(9)3/h4-7H,1H2,2-3H3. The molecule has 0 unspecified atom stereocenters. The molecular formula is C10H12N2O. The van der Waals surface area contributed by atoms with Crippen LogP contribution in [0.1, 0.15) is 12.6 Å². The Balaban J connectivity index is 3.46. The number of aromatic nitrogens is 1. The minimum Gasteiger partial charge on any atom is -0.310 e. The second kappa shape index (κ2) is 3.85. The molecule has 3 heteroatoms. The summed E-state index contributed by atoms with van der Waals surface area (Å²) < 4.78 is 1.52. The van der Waals surface area contributed by atoms with Gasteiger partial charge >= 0.3 is 0 Å². The van der Waals surface area contributed by atoms with E-state index in [2.05, 4.69) is 11.6 Å². The summed E-state index contributed by atoms with van der Waals surface area (Å²) in [5, 5.41) is 0. The van der Waals surface area contributed by atoms with Crippen molar-refractivity contribution < 1.29 is 0 Å². The van der Waals surface area contributed by atoms with Crippen molar-refractivity contribution in [2.75, 3.05) is 0 Å². The highest BCUT2D eigenvalue weighted by atomic mass is 16.1. The Morgan fingerprint density at radius 1 is 1.54 bits per heavy atom. The van der Waals surface area contributed by atoms with E-state index in [1.54, 1.807) is 25.4 Å². The lowest BCUT2D eigenvalue weighted by Crippen LogP contribution is -2.16. The van der Waals surface area contributed by atoms with Crippen molar-refractivity contribution in [3.05, 3.63) is 34.8 Å². The largest absolute Gasteiger partial charge is 0.310 e. The maximum absolute atomic E-state index is 11.2. The molecule has 0 saturated heterocycles. The maximum Gasteiger partial charge on any atom is 0.250 e. The Morgan fingerprint density at radius 2 is 2.23 bits per heavy atom. The summed E-state index contributed by atoms with van der Waals surface area (Å²) in [6.07, 6.45) is 3.32. The number of pyridine rings is 1. The van der Waals surface area contributed by atoms with Crippen molar-refractivity contribution in [3.8, 4) is 0 Å². The summed E-state index contributed by atoms with van der Waals surface area (Å²) >= 11 is 0. The Morgan fingerprint density at radius 3 is 2.77 bits per heavy atom. The van der Waals surface area contributed by atoms with Crippen LogP contribution in [-0.2, 0) is 7.05 Å². The normalized spacial score (nSPS) is 10.6. The van der Waals surface area contributed by atoms with Crippen molar-refractivity contribution in [2.24, 2.45) is 12.0 Å². The third-order valence-electron chi connectivity index (χ3n) is 1.80. The molecular weight excluding hydrogens is 164 g/mol. The second-order valence-corrected chi connectivity index (χ2v) is 2.59. The fraction of sp³-hybridized carbons (Fsp3) is 0.200. The Bertz CT molecular complexity index is 402. The van der Waals surface area contributed by atoms with Gasteiger partial charge in [0.25, 0.3) is 5.56 Å². The highest BCUT2D eigenvalue weighted by Crippen LogP contribution is 2.16. The van der Waals surface area contributed by atoms with Crippen LogP contribution in [0.4, 0.5) is 5.69 Å². The smallest absolute Gasteiger partial charge is 0.250 e. The van der Waals surface area contributed by atoms with E-state index >= 15 is 0 Å². The molecule has 13 heavy (non-hydrogen) atoms. The fourth-order valence-electron chi connectivity index (χ4n) is 1.13. The van der Waals surface area contributed by atoms with E-state index in [0.717, 1.165) is 11.4 Å². The van der Waals surface area contributed by atoms with Crippen LogP contribution >= 0.6 is 0 Å². The average Bonchev–Trinajstić information content (AvgIpc) is 2.12. The van der Waals surface area contributed by atoms with Crippen LogP contribution in [0.3, 0.4) is 0 Å². The molecule has 0 aliphatic carbocycles. The van der Waals surface area contributed by atoms with Crippen LogP contribution in [0.2, 0.25) is 0 Å². The van der Waals surface area contributed by atoms with Crippen LogP contribution in [0.25, 0.3) is 6.08 Å². The molecule has 0 atom stereocenters. The third-order valence-corrected chi connectivity index (χ3v) is 1.80. The van der Waals surface area contributed by atoms with Crippen LogP contribution < -0.4 is 5.56 Å². The summed E-state index contributed by atoms with van der Waals surface area (Å²) in [6, 6.07) is 3.19. The van der Waals surface area contributed by atoms with Gasteiger partial charge in [0.2, 0.25) is 0 Å². The Labute approximate surface area is 77.1 Å². The molecule has 0 N–H and O–H groups in total. The molecule has 0 amide bonds. The number of aliphatic imine (C=N–C) groups is 1. The lowest BCUT2D eigenvalue weighted by molar-refractivity contribution is 0.849. The van der Waals surface area contributed by atoms with Gasteiger partial charge in [0.1, 0.15) is 0 Å². The second-order valence-electron chi connectivity index (χ2n) is 2.59. The van der Waals surface area contributed by atoms with E-state index in [1.807, 2.05) is 6.92 Å². The monoisotopic (exact) mass is 176 g/mol. The molecule has 68 valence electrons. The molecule has 0 spiro atoms. The summed E-state index contributed by atoms with van der Waals surface area (Å²) in [7, 11) is 1.70. The first kappa shape index (κ1) is 9.45. The maximum atomic E-state index is 11.2. The van der Waals surface area contributed by atoms with Gasteiger partial charge in [-0.15, -0.1) is 0 Å². The van der Waals surface area contributed by atoms with E-state index < -0.39 is 0 Å². The Kier molecular flexibility index (Phi) is 2.80.